The van der Waals surface area contributed by atoms with E-state index in [1.807, 2.05) is 42.8 Å². The van der Waals surface area contributed by atoms with E-state index in [2.05, 4.69) is 15.4 Å². The molecule has 1 aliphatic carbocycles. The number of anilines is 1. The van der Waals surface area contributed by atoms with Crippen molar-refractivity contribution in [3.63, 3.8) is 0 Å². The van der Waals surface area contributed by atoms with Gasteiger partial charge < -0.3 is 11.1 Å². The second-order valence-corrected chi connectivity index (χ2v) is 7.76. The maximum absolute atomic E-state index is 12.8. The molecule has 2 heterocycles. The lowest BCUT2D eigenvalue weighted by molar-refractivity contribution is -0.128. The molecule has 2 aromatic rings. The Balaban J connectivity index is 1.60. The molecule has 146 valence electrons. The van der Waals surface area contributed by atoms with Gasteiger partial charge in [-0.2, -0.15) is 5.10 Å². The van der Waals surface area contributed by atoms with Crippen molar-refractivity contribution >= 4 is 23.5 Å². The van der Waals surface area contributed by atoms with Crippen molar-refractivity contribution < 1.29 is 9.59 Å². The Morgan fingerprint density at radius 1 is 1.32 bits per heavy atom. The monoisotopic (exact) mass is 380 g/mol. The van der Waals surface area contributed by atoms with Crippen molar-refractivity contribution in [3.8, 4) is 0 Å². The average molecular weight is 380 g/mol. The highest BCUT2D eigenvalue weighted by Crippen LogP contribution is 2.36. The number of amides is 2. The van der Waals surface area contributed by atoms with Crippen molar-refractivity contribution in [2.45, 2.75) is 44.7 Å². The highest BCUT2D eigenvalue weighted by atomic mass is 16.2. The highest BCUT2D eigenvalue weighted by molar-refractivity contribution is 6.03. The van der Waals surface area contributed by atoms with Gasteiger partial charge in [-0.3, -0.25) is 19.2 Å². The molecule has 2 aliphatic rings. The Morgan fingerprint density at radius 2 is 2.07 bits per heavy atom. The number of hydrogen-bond donors (Lipinski definition) is 2. The summed E-state index contributed by atoms with van der Waals surface area (Å²) in [6.07, 6.45) is 2.32. The zero-order valence-corrected chi connectivity index (χ0v) is 16.3. The first-order valence-electron chi connectivity index (χ1n) is 9.37. The van der Waals surface area contributed by atoms with Gasteiger partial charge in [0.15, 0.2) is 5.96 Å². The van der Waals surface area contributed by atoms with Crippen LogP contribution in [0.1, 0.15) is 54.0 Å². The largest absolute Gasteiger partial charge is 0.369 e. The third-order valence-corrected chi connectivity index (χ3v) is 5.30. The molecule has 8 heteroatoms. The number of nitrogens with two attached hydrogens (primary N) is 1. The van der Waals surface area contributed by atoms with Crippen LogP contribution in [0.5, 0.6) is 0 Å². The number of aryl methyl sites for hydroxylation is 1. The SMILES string of the molecule is Cc1cc(C(=O)Nc2cccc([C@]3(C)CC(=O)N(C)C(N)=N3)c2)n(C2CC2)n1. The average Bonchev–Trinajstić information content (AvgIpc) is 3.41. The molecule has 1 fully saturated rings. The quantitative estimate of drug-likeness (QED) is 0.848. The van der Waals surface area contributed by atoms with E-state index in [-0.39, 0.29) is 24.2 Å². The minimum absolute atomic E-state index is 0.0896. The number of aromatic nitrogens is 2. The van der Waals surface area contributed by atoms with Crippen LogP contribution >= 0.6 is 0 Å². The number of aliphatic imine (C=N–C) groups is 1. The highest BCUT2D eigenvalue weighted by Gasteiger charge is 2.36. The van der Waals surface area contributed by atoms with Gasteiger partial charge in [0.2, 0.25) is 5.91 Å². The van der Waals surface area contributed by atoms with Gasteiger partial charge in [-0.15, -0.1) is 0 Å². The smallest absolute Gasteiger partial charge is 0.273 e. The normalized spacial score (nSPS) is 22.2. The van der Waals surface area contributed by atoms with E-state index < -0.39 is 5.54 Å². The lowest BCUT2D eigenvalue weighted by Crippen LogP contribution is -2.47. The van der Waals surface area contributed by atoms with Gasteiger partial charge in [0.05, 0.1) is 23.7 Å². The van der Waals surface area contributed by atoms with Crippen molar-refractivity contribution in [1.29, 1.82) is 0 Å². The predicted octanol–water partition coefficient (Wildman–Crippen LogP) is 2.17. The van der Waals surface area contributed by atoms with Gasteiger partial charge in [-0.05, 0) is 50.5 Å². The zero-order valence-electron chi connectivity index (χ0n) is 16.3. The van der Waals surface area contributed by atoms with Crippen LogP contribution in [0, 0.1) is 6.92 Å². The molecule has 1 aromatic heterocycles. The lowest BCUT2D eigenvalue weighted by atomic mass is 9.87. The summed E-state index contributed by atoms with van der Waals surface area (Å²) < 4.78 is 1.82. The summed E-state index contributed by atoms with van der Waals surface area (Å²) in [7, 11) is 1.61. The van der Waals surface area contributed by atoms with Gasteiger partial charge in [0.1, 0.15) is 5.69 Å². The van der Waals surface area contributed by atoms with Gasteiger partial charge in [-0.1, -0.05) is 12.1 Å². The Labute approximate surface area is 163 Å². The maximum Gasteiger partial charge on any atom is 0.273 e. The molecule has 2 amide bonds. The number of carbonyl (C=O) groups excluding carboxylic acids is 2. The summed E-state index contributed by atoms with van der Waals surface area (Å²) in [5.41, 5.74) is 8.00. The van der Waals surface area contributed by atoms with E-state index in [0.717, 1.165) is 24.1 Å². The Kier molecular flexibility index (Phi) is 4.21. The van der Waals surface area contributed by atoms with E-state index in [9.17, 15) is 9.59 Å². The lowest BCUT2D eigenvalue weighted by Gasteiger charge is -2.33. The molecular formula is C20H24N6O2. The fraction of sp³-hybridized carbons (Fsp3) is 0.400. The molecule has 0 spiro atoms. The first-order valence-corrected chi connectivity index (χ1v) is 9.37. The number of rotatable bonds is 4. The summed E-state index contributed by atoms with van der Waals surface area (Å²) in [4.78, 5) is 30.9. The molecular weight excluding hydrogens is 356 g/mol. The predicted molar refractivity (Wildman–Crippen MR) is 106 cm³/mol. The van der Waals surface area contributed by atoms with E-state index in [1.54, 1.807) is 13.1 Å². The van der Waals surface area contributed by atoms with E-state index in [4.69, 9.17) is 5.73 Å². The van der Waals surface area contributed by atoms with Crippen molar-refractivity contribution in [2.24, 2.45) is 10.7 Å². The topological polar surface area (TPSA) is 106 Å². The first-order chi connectivity index (χ1) is 13.3. The Hall–Kier alpha value is -3.16. The van der Waals surface area contributed by atoms with Gasteiger partial charge >= 0.3 is 0 Å². The number of carbonyl (C=O) groups is 2. The minimum Gasteiger partial charge on any atom is -0.369 e. The van der Waals surface area contributed by atoms with Crippen LogP contribution in [-0.2, 0) is 10.3 Å². The van der Waals surface area contributed by atoms with Crippen LogP contribution in [0.3, 0.4) is 0 Å². The fourth-order valence-electron chi connectivity index (χ4n) is 3.49. The third-order valence-electron chi connectivity index (χ3n) is 5.30. The summed E-state index contributed by atoms with van der Waals surface area (Å²) in [6, 6.07) is 9.52. The standard InChI is InChI=1S/C20H24N6O2/c1-12-9-16(26(24-12)15-7-8-15)18(28)22-14-6-4-5-13(10-14)20(2)11-17(27)25(3)19(21)23-20/h4-6,9-10,15H,7-8,11H2,1-3H3,(H2,21,23)(H,22,28)/t20-/m0/s1. The molecule has 1 aliphatic heterocycles. The summed E-state index contributed by atoms with van der Waals surface area (Å²) in [5, 5.41) is 7.39. The molecule has 4 rings (SSSR count). The van der Waals surface area contributed by atoms with Crippen LogP contribution in [0.25, 0.3) is 0 Å². The zero-order chi connectivity index (χ0) is 20.1. The molecule has 0 bridgehead atoms. The van der Waals surface area contributed by atoms with Crippen LogP contribution in [-0.4, -0.2) is 39.5 Å². The van der Waals surface area contributed by atoms with Crippen LogP contribution in [0.4, 0.5) is 5.69 Å². The molecule has 0 saturated heterocycles. The fourth-order valence-corrected chi connectivity index (χ4v) is 3.49. The van der Waals surface area contributed by atoms with Gasteiger partial charge in [-0.25, -0.2) is 4.99 Å². The van der Waals surface area contributed by atoms with Crippen molar-refractivity contribution in [1.82, 2.24) is 14.7 Å². The van der Waals surface area contributed by atoms with Gasteiger partial charge in [0, 0.05) is 12.7 Å². The summed E-state index contributed by atoms with van der Waals surface area (Å²) >= 11 is 0. The molecule has 28 heavy (non-hydrogen) atoms. The first kappa shape index (κ1) is 18.2. The summed E-state index contributed by atoms with van der Waals surface area (Å²) in [5.74, 6) is -0.0949. The van der Waals surface area contributed by atoms with Crippen LogP contribution in [0.2, 0.25) is 0 Å². The molecule has 1 atom stereocenters. The maximum atomic E-state index is 12.8. The molecule has 1 aromatic carbocycles. The second kappa shape index (κ2) is 6.47. The number of benzene rings is 1. The van der Waals surface area contributed by atoms with Crippen molar-refractivity contribution in [2.75, 3.05) is 12.4 Å². The van der Waals surface area contributed by atoms with E-state index in [0.29, 0.717) is 17.4 Å². The molecule has 3 N–H and O–H groups in total. The Morgan fingerprint density at radius 3 is 2.75 bits per heavy atom. The molecule has 8 nitrogen and oxygen atoms in total. The van der Waals surface area contributed by atoms with Gasteiger partial charge in [0.25, 0.3) is 5.91 Å². The summed E-state index contributed by atoms with van der Waals surface area (Å²) in [6.45, 7) is 3.76. The van der Waals surface area contributed by atoms with Crippen LogP contribution < -0.4 is 11.1 Å². The van der Waals surface area contributed by atoms with E-state index in [1.165, 1.54) is 4.90 Å². The molecule has 1 saturated carbocycles. The minimum atomic E-state index is -0.763. The Bertz CT molecular complexity index is 990. The molecule has 0 radical (unpaired) electrons. The number of nitrogens with zero attached hydrogens (tertiary/aromatic N) is 4. The number of guanidine groups is 1. The molecule has 0 unspecified atom stereocenters. The van der Waals surface area contributed by atoms with Crippen LogP contribution in [0.15, 0.2) is 35.3 Å². The van der Waals surface area contributed by atoms with E-state index >= 15 is 0 Å². The number of nitrogens with one attached hydrogen (secondary N) is 1. The van der Waals surface area contributed by atoms with Crippen molar-refractivity contribution in [3.05, 3.63) is 47.3 Å². The third kappa shape index (κ3) is 3.26. The second-order valence-electron chi connectivity index (χ2n) is 7.76. The number of hydrogen-bond acceptors (Lipinski definition) is 5.